The van der Waals surface area contributed by atoms with Crippen molar-refractivity contribution >= 4 is 9.04 Å². The van der Waals surface area contributed by atoms with Crippen molar-refractivity contribution in [2.75, 3.05) is 0 Å². The second-order valence-corrected chi connectivity index (χ2v) is 7.69. The van der Waals surface area contributed by atoms with Crippen LogP contribution in [0.2, 0.25) is 13.1 Å². The van der Waals surface area contributed by atoms with E-state index >= 15 is 0 Å². The summed E-state index contributed by atoms with van der Waals surface area (Å²) in [6.07, 6.45) is 0. The number of hydrogen-bond donors (Lipinski definition) is 1. The average molecular weight is 238 g/mol. The Hall–Kier alpha value is -0.803. The van der Waals surface area contributed by atoms with Gasteiger partial charge in [0.05, 0.1) is 6.61 Å². The largest absolute Gasteiger partial charge is 0.547 e. The lowest BCUT2D eigenvalue weighted by Gasteiger charge is -2.24. The van der Waals surface area contributed by atoms with Crippen molar-refractivity contribution in [2.24, 2.45) is 0 Å². The summed E-state index contributed by atoms with van der Waals surface area (Å²) >= 11 is 0. The van der Waals surface area contributed by atoms with E-state index in [1.165, 1.54) is 5.56 Å². The first-order valence-corrected chi connectivity index (χ1v) is 8.54. The van der Waals surface area contributed by atoms with Crippen molar-refractivity contribution in [3.63, 3.8) is 0 Å². The predicted molar refractivity (Wildman–Crippen MR) is 70.6 cm³/mol. The van der Waals surface area contributed by atoms with E-state index in [4.69, 9.17) is 4.43 Å². The van der Waals surface area contributed by atoms with E-state index in [0.29, 0.717) is 0 Å². The molecule has 0 heterocycles. The normalized spacial score (nSPS) is 11.9. The molecule has 0 aliphatic heterocycles. The van der Waals surface area contributed by atoms with Crippen molar-refractivity contribution < 1.29 is 9.53 Å². The Morgan fingerprint density at radius 3 is 2.31 bits per heavy atom. The monoisotopic (exact) mass is 238 g/mol. The number of rotatable bonds is 3. The highest BCUT2D eigenvalue weighted by Crippen LogP contribution is 2.32. The molecule has 1 aromatic carbocycles. The maximum atomic E-state index is 9.51. The van der Waals surface area contributed by atoms with Crippen LogP contribution >= 0.6 is 0 Å². The zero-order valence-electron chi connectivity index (χ0n) is 10.9. The molecule has 0 saturated heterocycles. The van der Waals surface area contributed by atoms with Gasteiger partial charge in [-0.3, -0.25) is 0 Å². The number of hydrogen-bond acceptors (Lipinski definition) is 2. The highest BCUT2D eigenvalue weighted by molar-refractivity contribution is 6.49. The molecular weight excluding hydrogens is 216 g/mol. The Kier molecular flexibility index (Phi) is 4.16. The average Bonchev–Trinajstić information content (AvgIpc) is 2.15. The third-order valence-corrected chi connectivity index (χ3v) is 3.19. The quantitative estimate of drug-likeness (QED) is 0.821. The van der Waals surface area contributed by atoms with Crippen molar-refractivity contribution in [1.29, 1.82) is 0 Å². The van der Waals surface area contributed by atoms with Crippen LogP contribution in [0.1, 0.15) is 31.9 Å². The van der Waals surface area contributed by atoms with Crippen LogP contribution in [0.15, 0.2) is 18.2 Å². The van der Waals surface area contributed by atoms with Gasteiger partial charge < -0.3 is 9.53 Å². The van der Waals surface area contributed by atoms with Gasteiger partial charge in [0.2, 0.25) is 9.04 Å². The van der Waals surface area contributed by atoms with Gasteiger partial charge in [0.25, 0.3) is 0 Å². The van der Waals surface area contributed by atoms with Crippen LogP contribution in [-0.4, -0.2) is 14.1 Å². The molecule has 16 heavy (non-hydrogen) atoms. The molecule has 0 saturated carbocycles. The Bertz CT molecular complexity index is 353. The topological polar surface area (TPSA) is 29.5 Å². The van der Waals surface area contributed by atoms with Crippen LogP contribution in [0.5, 0.6) is 5.75 Å². The van der Waals surface area contributed by atoms with Gasteiger partial charge >= 0.3 is 0 Å². The van der Waals surface area contributed by atoms with E-state index in [9.17, 15) is 5.11 Å². The first-order valence-electron chi connectivity index (χ1n) is 5.76. The standard InChI is InChI=1S/C13H22O2Si/c1-13(2,3)11-7-6-8-12(10(11)9-14)15-16(4)5/h6-8,14,16H,9H2,1-5H3. The molecule has 0 bridgehead atoms. The van der Waals surface area contributed by atoms with Gasteiger partial charge in [-0.25, -0.2) is 0 Å². The molecule has 0 spiro atoms. The van der Waals surface area contributed by atoms with Crippen LogP contribution in [0.4, 0.5) is 0 Å². The van der Waals surface area contributed by atoms with E-state index < -0.39 is 9.04 Å². The molecule has 1 aromatic rings. The maximum absolute atomic E-state index is 9.51. The van der Waals surface area contributed by atoms with Crippen molar-refractivity contribution in [2.45, 2.75) is 45.9 Å². The molecule has 0 atom stereocenters. The molecule has 90 valence electrons. The smallest absolute Gasteiger partial charge is 0.229 e. The van der Waals surface area contributed by atoms with Gasteiger partial charge in [-0.2, -0.15) is 0 Å². The van der Waals surface area contributed by atoms with Gasteiger partial charge in [-0.05, 0) is 30.1 Å². The summed E-state index contributed by atoms with van der Waals surface area (Å²) < 4.78 is 5.85. The van der Waals surface area contributed by atoms with E-state index in [1.807, 2.05) is 12.1 Å². The molecule has 0 fully saturated rings. The zero-order valence-corrected chi connectivity index (χ0v) is 12.0. The minimum atomic E-state index is -1.12. The number of aliphatic hydroxyl groups is 1. The van der Waals surface area contributed by atoms with E-state index in [1.54, 1.807) is 0 Å². The summed E-state index contributed by atoms with van der Waals surface area (Å²) in [6, 6.07) is 6.03. The molecule has 0 aliphatic rings. The second kappa shape index (κ2) is 5.02. The highest BCUT2D eigenvalue weighted by Gasteiger charge is 2.20. The van der Waals surface area contributed by atoms with Gasteiger partial charge in [0, 0.05) is 5.56 Å². The second-order valence-electron chi connectivity index (χ2n) is 5.36. The molecule has 1 N–H and O–H groups in total. The third kappa shape index (κ3) is 3.09. The fourth-order valence-corrected chi connectivity index (χ4v) is 2.52. The molecular formula is C13H22O2Si. The van der Waals surface area contributed by atoms with Crippen molar-refractivity contribution in [3.8, 4) is 5.75 Å². The molecule has 0 radical (unpaired) electrons. The van der Waals surface area contributed by atoms with Gasteiger partial charge in [0.1, 0.15) is 5.75 Å². The lowest BCUT2D eigenvalue weighted by Crippen LogP contribution is -2.18. The fraction of sp³-hybridized carbons (Fsp3) is 0.538. The van der Waals surface area contributed by atoms with Crippen LogP contribution in [0.3, 0.4) is 0 Å². The minimum Gasteiger partial charge on any atom is -0.547 e. The minimum absolute atomic E-state index is 0.0377. The van der Waals surface area contributed by atoms with Crippen molar-refractivity contribution in [3.05, 3.63) is 29.3 Å². The lowest BCUT2D eigenvalue weighted by atomic mass is 9.83. The molecule has 2 nitrogen and oxygen atoms in total. The Morgan fingerprint density at radius 1 is 1.25 bits per heavy atom. The first-order chi connectivity index (χ1) is 7.36. The van der Waals surface area contributed by atoms with Gasteiger partial charge in [-0.1, -0.05) is 32.9 Å². The summed E-state index contributed by atoms with van der Waals surface area (Å²) in [4.78, 5) is 0. The van der Waals surface area contributed by atoms with Gasteiger partial charge in [0.15, 0.2) is 0 Å². The summed E-state index contributed by atoms with van der Waals surface area (Å²) in [5, 5.41) is 9.51. The molecule has 0 unspecified atom stereocenters. The van der Waals surface area contributed by atoms with Crippen LogP contribution < -0.4 is 4.43 Å². The molecule has 3 heteroatoms. The Balaban J connectivity index is 3.21. The number of benzene rings is 1. The van der Waals surface area contributed by atoms with Crippen LogP contribution in [0.25, 0.3) is 0 Å². The van der Waals surface area contributed by atoms with Crippen LogP contribution in [-0.2, 0) is 12.0 Å². The predicted octanol–water partition coefficient (Wildman–Crippen LogP) is 2.84. The highest BCUT2D eigenvalue weighted by atomic mass is 28.3. The maximum Gasteiger partial charge on any atom is 0.229 e. The van der Waals surface area contributed by atoms with Crippen LogP contribution in [0, 0.1) is 0 Å². The third-order valence-electron chi connectivity index (χ3n) is 2.46. The summed E-state index contributed by atoms with van der Waals surface area (Å²) in [5.74, 6) is 0.858. The molecule has 1 rings (SSSR count). The van der Waals surface area contributed by atoms with E-state index in [2.05, 4.69) is 39.9 Å². The van der Waals surface area contributed by atoms with Crippen molar-refractivity contribution in [1.82, 2.24) is 0 Å². The molecule has 0 amide bonds. The van der Waals surface area contributed by atoms with E-state index in [-0.39, 0.29) is 12.0 Å². The zero-order chi connectivity index (χ0) is 12.3. The Labute approximate surface area is 100.0 Å². The molecule has 0 aromatic heterocycles. The summed E-state index contributed by atoms with van der Waals surface area (Å²) in [5.41, 5.74) is 2.15. The molecule has 0 aliphatic carbocycles. The SMILES string of the molecule is C[SiH](C)Oc1cccc(C(C)(C)C)c1CO. The summed E-state index contributed by atoms with van der Waals surface area (Å²) in [6.45, 7) is 10.8. The number of aliphatic hydroxyl groups excluding tert-OH is 1. The summed E-state index contributed by atoms with van der Waals surface area (Å²) in [7, 11) is -1.12. The van der Waals surface area contributed by atoms with Gasteiger partial charge in [-0.15, -0.1) is 0 Å². The lowest BCUT2D eigenvalue weighted by molar-refractivity contribution is 0.275. The Morgan fingerprint density at radius 2 is 1.88 bits per heavy atom. The first kappa shape index (κ1) is 13.3. The van der Waals surface area contributed by atoms with E-state index in [0.717, 1.165) is 11.3 Å². The fourth-order valence-electron chi connectivity index (χ4n) is 1.80.